The van der Waals surface area contributed by atoms with Crippen LogP contribution in [0.3, 0.4) is 0 Å². The van der Waals surface area contributed by atoms with E-state index in [0.717, 1.165) is 25.7 Å². The van der Waals surface area contributed by atoms with Gasteiger partial charge in [-0.25, -0.2) is 4.79 Å². The Kier molecular flexibility index (Phi) is 5.85. The van der Waals surface area contributed by atoms with Gasteiger partial charge in [-0.05, 0) is 25.2 Å². The number of ether oxygens (including phenoxy) is 1. The Hall–Kier alpha value is -1.77. The summed E-state index contributed by atoms with van der Waals surface area (Å²) in [7, 11) is 0. The highest BCUT2D eigenvalue weighted by Crippen LogP contribution is 2.28. The molecule has 116 valence electrons. The van der Waals surface area contributed by atoms with Crippen LogP contribution in [0.2, 0.25) is 0 Å². The van der Waals surface area contributed by atoms with Crippen LogP contribution in [0, 0.1) is 17.2 Å². The molecule has 2 amide bonds. The Morgan fingerprint density at radius 1 is 1.19 bits per heavy atom. The molecule has 21 heavy (non-hydrogen) atoms. The Morgan fingerprint density at radius 3 is 2.52 bits per heavy atom. The van der Waals surface area contributed by atoms with Gasteiger partial charge in [0.05, 0.1) is 6.07 Å². The van der Waals surface area contributed by atoms with E-state index in [0.29, 0.717) is 12.3 Å². The molecule has 2 fully saturated rings. The summed E-state index contributed by atoms with van der Waals surface area (Å²) in [5.74, 6) is 0.0541. The highest BCUT2D eigenvalue weighted by Gasteiger charge is 2.30. The summed E-state index contributed by atoms with van der Waals surface area (Å²) in [6.45, 7) is -0.0619. The molecule has 0 bridgehead atoms. The second-order valence-electron chi connectivity index (χ2n) is 5.93. The van der Waals surface area contributed by atoms with E-state index in [1.165, 1.54) is 19.3 Å². The van der Waals surface area contributed by atoms with Crippen molar-refractivity contribution >= 4 is 12.0 Å². The van der Waals surface area contributed by atoms with Gasteiger partial charge in [0, 0.05) is 6.04 Å². The zero-order chi connectivity index (χ0) is 15.1. The second kappa shape index (κ2) is 7.87. The number of hydrogen-bond acceptors (Lipinski definition) is 4. The number of hydrogen-bond donors (Lipinski definition) is 2. The lowest BCUT2D eigenvalue weighted by atomic mass is 9.85. The van der Waals surface area contributed by atoms with E-state index in [1.54, 1.807) is 0 Å². The molecular formula is C15H23N3O3. The molecule has 6 heteroatoms. The number of alkyl carbamates (subject to hydrolysis) is 1. The summed E-state index contributed by atoms with van der Waals surface area (Å²) in [6, 6.07) is 2.07. The van der Waals surface area contributed by atoms with Crippen LogP contribution in [-0.2, 0) is 9.53 Å². The van der Waals surface area contributed by atoms with Gasteiger partial charge in [-0.1, -0.05) is 32.1 Å². The molecule has 0 heterocycles. The van der Waals surface area contributed by atoms with Crippen LogP contribution in [0.25, 0.3) is 0 Å². The maximum atomic E-state index is 12.0. The van der Waals surface area contributed by atoms with Gasteiger partial charge in [-0.15, -0.1) is 0 Å². The van der Waals surface area contributed by atoms with Crippen molar-refractivity contribution in [1.82, 2.24) is 10.6 Å². The Balaban J connectivity index is 1.86. The molecule has 0 aromatic heterocycles. The highest BCUT2D eigenvalue weighted by molar-refractivity contribution is 5.83. The van der Waals surface area contributed by atoms with Gasteiger partial charge in [0.15, 0.2) is 6.10 Å². The van der Waals surface area contributed by atoms with Crippen LogP contribution in [0.15, 0.2) is 0 Å². The third kappa shape index (κ3) is 5.62. The van der Waals surface area contributed by atoms with E-state index >= 15 is 0 Å². The first-order valence-electron chi connectivity index (χ1n) is 7.81. The van der Waals surface area contributed by atoms with Gasteiger partial charge < -0.3 is 15.4 Å². The summed E-state index contributed by atoms with van der Waals surface area (Å²) < 4.78 is 5.29. The van der Waals surface area contributed by atoms with Crippen molar-refractivity contribution in [2.45, 2.75) is 63.5 Å². The van der Waals surface area contributed by atoms with E-state index in [9.17, 15) is 9.59 Å². The third-order valence-corrected chi connectivity index (χ3v) is 4.05. The lowest BCUT2D eigenvalue weighted by molar-refractivity contribution is -0.130. The predicted octanol–water partition coefficient (Wildman–Crippen LogP) is 1.85. The molecule has 2 N–H and O–H groups in total. The topological polar surface area (TPSA) is 91.2 Å². The van der Waals surface area contributed by atoms with Crippen molar-refractivity contribution < 1.29 is 14.3 Å². The van der Waals surface area contributed by atoms with Crippen molar-refractivity contribution in [2.75, 3.05) is 6.54 Å². The smallest absolute Gasteiger partial charge is 0.408 e. The SMILES string of the molecule is N#CCNC(=O)[C@H](CC1CCCCC1)OC(=O)NC1CC1. The van der Waals surface area contributed by atoms with Gasteiger partial charge >= 0.3 is 6.09 Å². The van der Waals surface area contributed by atoms with Crippen LogP contribution < -0.4 is 10.6 Å². The number of carbonyl (C=O) groups excluding carboxylic acids is 2. The molecule has 0 saturated heterocycles. The number of carbonyl (C=O) groups is 2. The minimum atomic E-state index is -0.791. The Morgan fingerprint density at radius 2 is 1.90 bits per heavy atom. The zero-order valence-corrected chi connectivity index (χ0v) is 12.3. The molecule has 2 aliphatic carbocycles. The van der Waals surface area contributed by atoms with E-state index in [1.807, 2.05) is 6.07 Å². The molecule has 0 spiro atoms. The molecule has 0 unspecified atom stereocenters. The van der Waals surface area contributed by atoms with Crippen molar-refractivity contribution in [2.24, 2.45) is 5.92 Å². The monoisotopic (exact) mass is 293 g/mol. The fourth-order valence-electron chi connectivity index (χ4n) is 2.73. The Labute approximate surface area is 125 Å². The second-order valence-corrected chi connectivity index (χ2v) is 5.93. The van der Waals surface area contributed by atoms with Crippen LogP contribution in [0.1, 0.15) is 51.4 Å². The van der Waals surface area contributed by atoms with Crippen LogP contribution in [0.5, 0.6) is 0 Å². The number of amides is 2. The van der Waals surface area contributed by atoms with Crippen molar-refractivity contribution in [3.63, 3.8) is 0 Å². The van der Waals surface area contributed by atoms with Gasteiger partial charge in [0.25, 0.3) is 5.91 Å². The normalized spacial score (nSPS) is 20.1. The fourth-order valence-corrected chi connectivity index (χ4v) is 2.73. The molecule has 0 aromatic carbocycles. The predicted molar refractivity (Wildman–Crippen MR) is 76.2 cm³/mol. The standard InChI is InChI=1S/C15H23N3O3/c16-8-9-17-14(19)13(10-11-4-2-1-3-5-11)21-15(20)18-12-6-7-12/h11-13H,1-7,9-10H2,(H,17,19)(H,18,20)/t13-/m0/s1. The lowest BCUT2D eigenvalue weighted by Gasteiger charge is -2.25. The average molecular weight is 293 g/mol. The maximum absolute atomic E-state index is 12.0. The fraction of sp³-hybridized carbons (Fsp3) is 0.800. The first-order valence-corrected chi connectivity index (χ1v) is 7.81. The summed E-state index contributed by atoms with van der Waals surface area (Å²) in [5, 5.41) is 13.8. The maximum Gasteiger partial charge on any atom is 0.408 e. The molecule has 0 aliphatic heterocycles. The van der Waals surface area contributed by atoms with E-state index in [2.05, 4.69) is 10.6 Å². The van der Waals surface area contributed by atoms with Crippen molar-refractivity contribution in [1.29, 1.82) is 5.26 Å². The van der Waals surface area contributed by atoms with Gasteiger partial charge in [-0.3, -0.25) is 4.79 Å². The molecule has 0 radical (unpaired) electrons. The van der Waals surface area contributed by atoms with E-state index in [-0.39, 0.29) is 18.5 Å². The van der Waals surface area contributed by atoms with Gasteiger partial charge in [-0.2, -0.15) is 5.26 Å². The van der Waals surface area contributed by atoms with Crippen molar-refractivity contribution in [3.05, 3.63) is 0 Å². The van der Waals surface area contributed by atoms with Gasteiger partial charge in [0.1, 0.15) is 6.54 Å². The lowest BCUT2D eigenvalue weighted by Crippen LogP contribution is -2.42. The van der Waals surface area contributed by atoms with Gasteiger partial charge in [0.2, 0.25) is 0 Å². The number of rotatable bonds is 6. The van der Waals surface area contributed by atoms with Crippen LogP contribution in [0.4, 0.5) is 4.79 Å². The first-order chi connectivity index (χ1) is 10.2. The average Bonchev–Trinajstić information content (AvgIpc) is 3.29. The van der Waals surface area contributed by atoms with Crippen LogP contribution in [-0.4, -0.2) is 30.7 Å². The highest BCUT2D eigenvalue weighted by atomic mass is 16.6. The minimum absolute atomic E-state index is 0.0619. The summed E-state index contributed by atoms with van der Waals surface area (Å²) in [4.78, 5) is 23.8. The third-order valence-electron chi connectivity index (χ3n) is 4.05. The van der Waals surface area contributed by atoms with Crippen LogP contribution >= 0.6 is 0 Å². The molecule has 6 nitrogen and oxygen atoms in total. The summed E-state index contributed by atoms with van der Waals surface area (Å²) in [6.07, 6.45) is 6.93. The van der Waals surface area contributed by atoms with Crippen molar-refractivity contribution in [3.8, 4) is 6.07 Å². The quantitative estimate of drug-likeness (QED) is 0.731. The minimum Gasteiger partial charge on any atom is -0.436 e. The first kappa shape index (κ1) is 15.6. The number of nitrogens with one attached hydrogen (secondary N) is 2. The molecular weight excluding hydrogens is 270 g/mol. The molecule has 2 rings (SSSR count). The summed E-state index contributed by atoms with van der Waals surface area (Å²) in [5.41, 5.74) is 0. The summed E-state index contributed by atoms with van der Waals surface area (Å²) >= 11 is 0. The molecule has 2 aliphatic rings. The Bertz CT molecular complexity index is 409. The van der Waals surface area contributed by atoms with E-state index < -0.39 is 12.2 Å². The van der Waals surface area contributed by atoms with E-state index in [4.69, 9.17) is 10.00 Å². The number of nitriles is 1. The molecule has 1 atom stereocenters. The number of nitrogens with zero attached hydrogens (tertiary/aromatic N) is 1. The molecule has 2 saturated carbocycles. The largest absolute Gasteiger partial charge is 0.436 e. The zero-order valence-electron chi connectivity index (χ0n) is 12.3. The molecule has 0 aromatic rings.